The SMILES string of the molecule is C=Cc1cc([C@@H](C)CC)cc(N)c1C=C. The van der Waals surface area contributed by atoms with E-state index in [4.69, 9.17) is 5.73 Å². The molecule has 0 aromatic heterocycles. The van der Waals surface area contributed by atoms with Crippen molar-refractivity contribution in [1.82, 2.24) is 0 Å². The molecule has 0 aliphatic heterocycles. The summed E-state index contributed by atoms with van der Waals surface area (Å²) < 4.78 is 0. The van der Waals surface area contributed by atoms with Gasteiger partial charge in [-0.25, -0.2) is 0 Å². The second-order valence-corrected chi connectivity index (χ2v) is 3.83. The molecule has 0 fully saturated rings. The number of nitrogens with two attached hydrogens (primary N) is 1. The van der Waals surface area contributed by atoms with Crippen molar-refractivity contribution >= 4 is 17.8 Å². The van der Waals surface area contributed by atoms with Crippen LogP contribution in [0.1, 0.15) is 42.9 Å². The fourth-order valence-corrected chi connectivity index (χ4v) is 1.65. The molecule has 0 aliphatic carbocycles. The van der Waals surface area contributed by atoms with Gasteiger partial charge < -0.3 is 5.73 Å². The fourth-order valence-electron chi connectivity index (χ4n) is 1.65. The largest absolute Gasteiger partial charge is 0.398 e. The monoisotopic (exact) mass is 201 g/mol. The molecule has 15 heavy (non-hydrogen) atoms. The lowest BCUT2D eigenvalue weighted by molar-refractivity contribution is 0.734. The number of benzene rings is 1. The zero-order chi connectivity index (χ0) is 11.4. The smallest absolute Gasteiger partial charge is 0.0396 e. The number of hydrogen-bond acceptors (Lipinski definition) is 1. The maximum atomic E-state index is 5.98. The predicted octanol–water partition coefficient (Wildman–Crippen LogP) is 4.07. The Morgan fingerprint density at radius 3 is 2.47 bits per heavy atom. The first kappa shape index (κ1) is 11.6. The van der Waals surface area contributed by atoms with Gasteiger partial charge in [0.05, 0.1) is 0 Å². The van der Waals surface area contributed by atoms with Gasteiger partial charge in [0.2, 0.25) is 0 Å². The van der Waals surface area contributed by atoms with Gasteiger partial charge in [0.1, 0.15) is 0 Å². The van der Waals surface area contributed by atoms with Gasteiger partial charge in [-0.05, 0) is 29.5 Å². The molecule has 1 aromatic rings. The molecule has 0 unspecified atom stereocenters. The fraction of sp³-hybridized carbons (Fsp3) is 0.286. The van der Waals surface area contributed by atoms with Crippen LogP contribution in [0.3, 0.4) is 0 Å². The average molecular weight is 201 g/mol. The van der Waals surface area contributed by atoms with Gasteiger partial charge in [0.15, 0.2) is 0 Å². The molecule has 2 N–H and O–H groups in total. The van der Waals surface area contributed by atoms with Crippen LogP contribution < -0.4 is 5.73 Å². The summed E-state index contributed by atoms with van der Waals surface area (Å²) in [5, 5.41) is 0. The third-order valence-electron chi connectivity index (χ3n) is 2.87. The van der Waals surface area contributed by atoms with Crippen molar-refractivity contribution in [3.05, 3.63) is 42.0 Å². The minimum absolute atomic E-state index is 0.532. The van der Waals surface area contributed by atoms with E-state index in [2.05, 4.69) is 33.1 Å². The summed E-state index contributed by atoms with van der Waals surface area (Å²) in [5.41, 5.74) is 10.1. The third kappa shape index (κ3) is 2.30. The van der Waals surface area contributed by atoms with Crippen molar-refractivity contribution < 1.29 is 0 Å². The molecule has 1 heteroatoms. The minimum atomic E-state index is 0.532. The molecule has 80 valence electrons. The summed E-state index contributed by atoms with van der Waals surface area (Å²) in [6, 6.07) is 4.19. The first-order valence-electron chi connectivity index (χ1n) is 5.32. The maximum absolute atomic E-state index is 5.98. The summed E-state index contributed by atoms with van der Waals surface area (Å²) >= 11 is 0. The van der Waals surface area contributed by atoms with Crippen molar-refractivity contribution in [3.63, 3.8) is 0 Å². The average Bonchev–Trinajstić information content (AvgIpc) is 2.26. The van der Waals surface area contributed by atoms with Crippen LogP contribution in [-0.2, 0) is 0 Å². The number of anilines is 1. The van der Waals surface area contributed by atoms with Gasteiger partial charge in [0.25, 0.3) is 0 Å². The van der Waals surface area contributed by atoms with Gasteiger partial charge in [-0.15, -0.1) is 0 Å². The molecule has 1 nitrogen and oxygen atoms in total. The molecule has 0 radical (unpaired) electrons. The quantitative estimate of drug-likeness (QED) is 0.730. The summed E-state index contributed by atoms with van der Waals surface area (Å²) in [6.45, 7) is 12.0. The normalized spacial score (nSPS) is 12.1. The first-order valence-corrected chi connectivity index (χ1v) is 5.32. The lowest BCUT2D eigenvalue weighted by Crippen LogP contribution is -1.98. The van der Waals surface area contributed by atoms with Crippen LogP contribution in [0.4, 0.5) is 5.69 Å². The van der Waals surface area contributed by atoms with Crippen molar-refractivity contribution in [2.45, 2.75) is 26.2 Å². The van der Waals surface area contributed by atoms with Gasteiger partial charge in [0, 0.05) is 11.3 Å². The lowest BCUT2D eigenvalue weighted by Gasteiger charge is -2.14. The van der Waals surface area contributed by atoms with Crippen LogP contribution in [-0.4, -0.2) is 0 Å². The third-order valence-corrected chi connectivity index (χ3v) is 2.87. The molecule has 0 saturated carbocycles. The molecule has 0 amide bonds. The Labute approximate surface area is 92.3 Å². The van der Waals surface area contributed by atoms with E-state index in [0.29, 0.717) is 5.92 Å². The topological polar surface area (TPSA) is 26.0 Å². The summed E-state index contributed by atoms with van der Waals surface area (Å²) in [5.74, 6) is 0.532. The lowest BCUT2D eigenvalue weighted by atomic mass is 9.93. The molecule has 1 atom stereocenters. The highest BCUT2D eigenvalue weighted by Crippen LogP contribution is 2.27. The van der Waals surface area contributed by atoms with Crippen molar-refractivity contribution in [2.24, 2.45) is 0 Å². The Morgan fingerprint density at radius 2 is 2.00 bits per heavy atom. The van der Waals surface area contributed by atoms with Crippen LogP contribution in [0.5, 0.6) is 0 Å². The molecule has 0 saturated heterocycles. The molecule has 0 heterocycles. The van der Waals surface area contributed by atoms with E-state index in [0.717, 1.165) is 23.2 Å². The molecule has 1 aromatic carbocycles. The van der Waals surface area contributed by atoms with Crippen LogP contribution in [0, 0.1) is 0 Å². The Hall–Kier alpha value is -1.50. The molecular formula is C14H19N. The summed E-state index contributed by atoms with van der Waals surface area (Å²) in [6.07, 6.45) is 4.73. The molecule has 0 aliphatic rings. The highest BCUT2D eigenvalue weighted by molar-refractivity contribution is 5.74. The zero-order valence-electron chi connectivity index (χ0n) is 9.59. The summed E-state index contributed by atoms with van der Waals surface area (Å²) in [7, 11) is 0. The number of nitrogen functional groups attached to an aromatic ring is 1. The maximum Gasteiger partial charge on any atom is 0.0396 e. The highest BCUT2D eigenvalue weighted by Gasteiger charge is 2.08. The van der Waals surface area contributed by atoms with E-state index in [9.17, 15) is 0 Å². The number of hydrogen-bond donors (Lipinski definition) is 1. The van der Waals surface area contributed by atoms with E-state index < -0.39 is 0 Å². The van der Waals surface area contributed by atoms with Crippen LogP contribution in [0.25, 0.3) is 12.2 Å². The Bertz CT molecular complexity index is 377. The molecule has 0 bridgehead atoms. The second kappa shape index (κ2) is 4.83. The predicted molar refractivity (Wildman–Crippen MR) is 69.7 cm³/mol. The van der Waals surface area contributed by atoms with E-state index >= 15 is 0 Å². The standard InChI is InChI=1S/C14H19N/c1-5-10(4)12-8-11(6-2)13(7-3)14(15)9-12/h6-10H,2-3,5,15H2,1,4H3/t10-/m0/s1. The van der Waals surface area contributed by atoms with Crippen LogP contribution in [0.2, 0.25) is 0 Å². The van der Waals surface area contributed by atoms with Crippen LogP contribution in [0.15, 0.2) is 25.3 Å². The van der Waals surface area contributed by atoms with Gasteiger partial charge in [-0.1, -0.05) is 45.2 Å². The van der Waals surface area contributed by atoms with Crippen LogP contribution >= 0.6 is 0 Å². The van der Waals surface area contributed by atoms with Crippen molar-refractivity contribution in [1.29, 1.82) is 0 Å². The van der Waals surface area contributed by atoms with E-state index in [1.807, 2.05) is 12.1 Å². The van der Waals surface area contributed by atoms with Gasteiger partial charge in [-0.2, -0.15) is 0 Å². The Kier molecular flexibility index (Phi) is 3.73. The van der Waals surface area contributed by atoms with E-state index in [-0.39, 0.29) is 0 Å². The summed E-state index contributed by atoms with van der Waals surface area (Å²) in [4.78, 5) is 0. The molecular weight excluding hydrogens is 182 g/mol. The van der Waals surface area contributed by atoms with E-state index in [1.54, 1.807) is 6.08 Å². The molecule has 1 rings (SSSR count). The first-order chi connectivity index (χ1) is 7.13. The second-order valence-electron chi connectivity index (χ2n) is 3.83. The van der Waals surface area contributed by atoms with Crippen molar-refractivity contribution in [2.75, 3.05) is 5.73 Å². The molecule has 0 spiro atoms. The highest BCUT2D eigenvalue weighted by atomic mass is 14.6. The van der Waals surface area contributed by atoms with Crippen molar-refractivity contribution in [3.8, 4) is 0 Å². The Balaban J connectivity index is 3.31. The zero-order valence-corrected chi connectivity index (χ0v) is 9.59. The van der Waals surface area contributed by atoms with Gasteiger partial charge >= 0.3 is 0 Å². The van der Waals surface area contributed by atoms with E-state index in [1.165, 1.54) is 5.56 Å². The number of rotatable bonds is 4. The minimum Gasteiger partial charge on any atom is -0.398 e. The van der Waals surface area contributed by atoms with Gasteiger partial charge in [-0.3, -0.25) is 0 Å². The Morgan fingerprint density at radius 1 is 1.33 bits per heavy atom.